The maximum Gasteiger partial charge on any atom is 0.234 e. The van der Waals surface area contributed by atoms with E-state index in [0.717, 1.165) is 18.7 Å². The molecule has 2 aromatic carbocycles. The molecule has 0 saturated carbocycles. The van der Waals surface area contributed by atoms with Crippen LogP contribution in [0.3, 0.4) is 0 Å². The van der Waals surface area contributed by atoms with Crippen molar-refractivity contribution in [1.29, 1.82) is 0 Å². The number of nitrogens with zero attached hydrogens (tertiary/aromatic N) is 1. The third-order valence-corrected chi connectivity index (χ3v) is 4.53. The number of carbonyl (C=O) groups excluding carboxylic acids is 1. The van der Waals surface area contributed by atoms with Crippen LogP contribution >= 0.6 is 0 Å². The van der Waals surface area contributed by atoms with E-state index in [-0.39, 0.29) is 24.2 Å². The lowest BCUT2D eigenvalue weighted by atomic mass is 10.00. The molecule has 2 aromatic rings. The van der Waals surface area contributed by atoms with Crippen molar-refractivity contribution in [3.63, 3.8) is 0 Å². The molecule has 1 heterocycles. The molecule has 0 bridgehead atoms. The molecular formula is C20H26N2O2. The predicted octanol–water partition coefficient (Wildman–Crippen LogP) is 3.13. The van der Waals surface area contributed by atoms with Crippen molar-refractivity contribution in [1.82, 2.24) is 10.2 Å². The lowest BCUT2D eigenvalue weighted by molar-refractivity contribution is -0.126. The van der Waals surface area contributed by atoms with Gasteiger partial charge in [0.25, 0.3) is 0 Å². The normalized spacial score (nSPS) is 23.1. The summed E-state index contributed by atoms with van der Waals surface area (Å²) in [7, 11) is 0. The van der Waals surface area contributed by atoms with Crippen LogP contribution in [-0.4, -0.2) is 42.6 Å². The maximum absolute atomic E-state index is 12.5. The minimum absolute atomic E-state index is 0.0144. The molecule has 128 valence electrons. The number of hydrogen-bond donors (Lipinski definition) is 1. The van der Waals surface area contributed by atoms with Crippen molar-refractivity contribution in [2.24, 2.45) is 0 Å². The van der Waals surface area contributed by atoms with Gasteiger partial charge in [-0.3, -0.25) is 9.69 Å². The van der Waals surface area contributed by atoms with E-state index < -0.39 is 0 Å². The highest BCUT2D eigenvalue weighted by atomic mass is 16.5. The Labute approximate surface area is 143 Å². The fourth-order valence-corrected chi connectivity index (χ4v) is 3.61. The molecule has 0 aliphatic carbocycles. The molecule has 0 spiro atoms. The quantitative estimate of drug-likeness (QED) is 0.938. The zero-order chi connectivity index (χ0) is 17.1. The van der Waals surface area contributed by atoms with Crippen LogP contribution in [-0.2, 0) is 9.53 Å². The van der Waals surface area contributed by atoms with Gasteiger partial charge in [-0.2, -0.15) is 0 Å². The Morgan fingerprint density at radius 3 is 2.58 bits per heavy atom. The van der Waals surface area contributed by atoms with Crippen LogP contribution in [0.15, 0.2) is 42.5 Å². The Balaban J connectivity index is 1.65. The fraction of sp³-hybridized carbons (Fsp3) is 0.450. The van der Waals surface area contributed by atoms with Crippen molar-refractivity contribution >= 4 is 16.7 Å². The third-order valence-electron chi connectivity index (χ3n) is 4.53. The van der Waals surface area contributed by atoms with Crippen molar-refractivity contribution < 1.29 is 9.53 Å². The first-order valence-electron chi connectivity index (χ1n) is 8.68. The molecule has 24 heavy (non-hydrogen) atoms. The number of nitrogens with one attached hydrogen (secondary N) is 1. The van der Waals surface area contributed by atoms with Gasteiger partial charge in [0.15, 0.2) is 0 Å². The lowest BCUT2D eigenvalue weighted by Gasteiger charge is -2.35. The second kappa shape index (κ2) is 7.32. The second-order valence-electron chi connectivity index (χ2n) is 6.81. The van der Waals surface area contributed by atoms with E-state index in [0.29, 0.717) is 6.54 Å². The van der Waals surface area contributed by atoms with Gasteiger partial charge in [-0.15, -0.1) is 0 Å². The van der Waals surface area contributed by atoms with Crippen LogP contribution in [0.1, 0.15) is 32.4 Å². The third kappa shape index (κ3) is 3.94. The Morgan fingerprint density at radius 2 is 1.83 bits per heavy atom. The SMILES string of the molecule is C[C@@H]1CN(CC(=O)N[C@@H](C)c2cccc3ccccc23)C[C@H](C)O1. The average Bonchev–Trinajstić information content (AvgIpc) is 2.53. The summed E-state index contributed by atoms with van der Waals surface area (Å²) in [6.45, 7) is 8.19. The summed E-state index contributed by atoms with van der Waals surface area (Å²) >= 11 is 0. The Bertz CT molecular complexity index is 700. The molecule has 1 aliphatic heterocycles. The highest BCUT2D eigenvalue weighted by molar-refractivity contribution is 5.87. The first-order chi connectivity index (χ1) is 11.5. The molecule has 3 rings (SSSR count). The Kier molecular flexibility index (Phi) is 5.17. The van der Waals surface area contributed by atoms with E-state index in [2.05, 4.69) is 48.3 Å². The van der Waals surface area contributed by atoms with Crippen LogP contribution in [0.25, 0.3) is 10.8 Å². The molecule has 0 aromatic heterocycles. The molecule has 1 amide bonds. The van der Waals surface area contributed by atoms with Crippen molar-refractivity contribution in [3.05, 3.63) is 48.0 Å². The molecule has 4 heteroatoms. The zero-order valence-electron chi connectivity index (χ0n) is 14.7. The molecule has 3 atom stereocenters. The predicted molar refractivity (Wildman–Crippen MR) is 97.0 cm³/mol. The topological polar surface area (TPSA) is 41.6 Å². The van der Waals surface area contributed by atoms with Crippen molar-refractivity contribution in [2.75, 3.05) is 19.6 Å². The van der Waals surface area contributed by atoms with Gasteiger partial charge in [-0.1, -0.05) is 42.5 Å². The van der Waals surface area contributed by atoms with E-state index in [1.54, 1.807) is 0 Å². The molecule has 4 nitrogen and oxygen atoms in total. The molecule has 1 fully saturated rings. The highest BCUT2D eigenvalue weighted by Crippen LogP contribution is 2.24. The van der Waals surface area contributed by atoms with Crippen LogP contribution in [0.2, 0.25) is 0 Å². The summed E-state index contributed by atoms with van der Waals surface area (Å²) in [5, 5.41) is 5.54. The number of morpholine rings is 1. The Hall–Kier alpha value is -1.91. The van der Waals surface area contributed by atoms with Gasteiger partial charge in [-0.05, 0) is 37.1 Å². The number of fused-ring (bicyclic) bond motifs is 1. The number of amides is 1. The molecule has 1 aliphatic rings. The van der Waals surface area contributed by atoms with Gasteiger partial charge in [-0.25, -0.2) is 0 Å². The lowest BCUT2D eigenvalue weighted by Crippen LogP contribution is -2.49. The summed E-state index contributed by atoms with van der Waals surface area (Å²) < 4.78 is 5.72. The average molecular weight is 326 g/mol. The van der Waals surface area contributed by atoms with E-state index in [9.17, 15) is 4.79 Å². The maximum atomic E-state index is 12.5. The first-order valence-corrected chi connectivity index (χ1v) is 8.68. The molecule has 1 saturated heterocycles. The molecular weight excluding hydrogens is 300 g/mol. The summed E-state index contributed by atoms with van der Waals surface area (Å²) in [4.78, 5) is 14.6. The van der Waals surface area contributed by atoms with Gasteiger partial charge in [0, 0.05) is 13.1 Å². The summed E-state index contributed by atoms with van der Waals surface area (Å²) in [5.74, 6) is 0.0664. The number of benzene rings is 2. The van der Waals surface area contributed by atoms with Crippen LogP contribution in [0, 0.1) is 0 Å². The van der Waals surface area contributed by atoms with Gasteiger partial charge in [0.2, 0.25) is 5.91 Å². The fourth-order valence-electron chi connectivity index (χ4n) is 3.61. The minimum Gasteiger partial charge on any atom is -0.373 e. The highest BCUT2D eigenvalue weighted by Gasteiger charge is 2.24. The number of hydrogen-bond acceptors (Lipinski definition) is 3. The van der Waals surface area contributed by atoms with E-state index >= 15 is 0 Å². The van der Waals surface area contributed by atoms with E-state index in [1.165, 1.54) is 10.8 Å². The molecule has 0 unspecified atom stereocenters. The van der Waals surface area contributed by atoms with Gasteiger partial charge in [0.1, 0.15) is 0 Å². The second-order valence-corrected chi connectivity index (χ2v) is 6.81. The summed E-state index contributed by atoms with van der Waals surface area (Å²) in [6, 6.07) is 14.5. The van der Waals surface area contributed by atoms with Crippen LogP contribution in [0.4, 0.5) is 0 Å². The van der Waals surface area contributed by atoms with Crippen LogP contribution in [0.5, 0.6) is 0 Å². The Morgan fingerprint density at radius 1 is 1.17 bits per heavy atom. The number of ether oxygens (including phenoxy) is 1. The van der Waals surface area contributed by atoms with Crippen molar-refractivity contribution in [3.8, 4) is 0 Å². The van der Waals surface area contributed by atoms with E-state index in [1.807, 2.05) is 25.1 Å². The minimum atomic E-state index is -0.0144. The monoisotopic (exact) mass is 326 g/mol. The van der Waals surface area contributed by atoms with Crippen molar-refractivity contribution in [2.45, 2.75) is 39.0 Å². The standard InChI is InChI=1S/C20H26N2O2/c1-14-11-22(12-15(2)24-14)13-20(23)21-16(3)18-10-6-8-17-7-4-5-9-19(17)18/h4-10,14-16H,11-13H2,1-3H3,(H,21,23)/t14-,15+,16-/m0/s1. The van der Waals surface area contributed by atoms with Gasteiger partial charge in [0.05, 0.1) is 24.8 Å². The van der Waals surface area contributed by atoms with E-state index in [4.69, 9.17) is 4.74 Å². The largest absolute Gasteiger partial charge is 0.373 e. The number of rotatable bonds is 4. The molecule has 0 radical (unpaired) electrons. The summed E-state index contributed by atoms with van der Waals surface area (Å²) in [5.41, 5.74) is 1.16. The number of carbonyl (C=O) groups is 1. The van der Waals surface area contributed by atoms with Gasteiger partial charge >= 0.3 is 0 Å². The van der Waals surface area contributed by atoms with Crippen LogP contribution < -0.4 is 5.32 Å². The zero-order valence-corrected chi connectivity index (χ0v) is 14.7. The first kappa shape index (κ1) is 16.9. The summed E-state index contributed by atoms with van der Waals surface area (Å²) in [6.07, 6.45) is 0.356. The smallest absolute Gasteiger partial charge is 0.234 e. The molecule has 1 N–H and O–H groups in total. The van der Waals surface area contributed by atoms with Gasteiger partial charge < -0.3 is 10.1 Å².